The van der Waals surface area contributed by atoms with Crippen LogP contribution in [-0.4, -0.2) is 43.7 Å². The lowest BCUT2D eigenvalue weighted by Gasteiger charge is -2.19. The number of esters is 1. The largest absolute Gasteiger partial charge is 0.496 e. The zero-order valence-corrected chi connectivity index (χ0v) is 15.7. The molecule has 0 aromatic heterocycles. The first-order valence-corrected chi connectivity index (χ1v) is 9.40. The van der Waals surface area contributed by atoms with E-state index < -0.39 is 0 Å². The van der Waals surface area contributed by atoms with Crippen LogP contribution in [0.5, 0.6) is 0 Å². The van der Waals surface area contributed by atoms with Gasteiger partial charge in [0, 0.05) is 13.0 Å². The molecular formula is C19H37NO3. The highest BCUT2D eigenvalue weighted by molar-refractivity contribution is 5.82. The van der Waals surface area contributed by atoms with Crippen LogP contribution in [0.3, 0.4) is 0 Å². The number of hydrogen-bond acceptors (Lipinski definition) is 4. The maximum absolute atomic E-state index is 11.8. The topological polar surface area (TPSA) is 38.8 Å². The molecular weight excluding hydrogens is 290 g/mol. The Labute approximate surface area is 143 Å². The van der Waals surface area contributed by atoms with Gasteiger partial charge in [0.2, 0.25) is 0 Å². The van der Waals surface area contributed by atoms with Gasteiger partial charge in [0.25, 0.3) is 0 Å². The molecule has 0 aromatic rings. The predicted octanol–water partition coefficient (Wildman–Crippen LogP) is 4.54. The van der Waals surface area contributed by atoms with E-state index in [1.165, 1.54) is 31.8 Å². The molecule has 0 saturated carbocycles. The monoisotopic (exact) mass is 327 g/mol. The third-order valence-electron chi connectivity index (χ3n) is 3.84. The van der Waals surface area contributed by atoms with Crippen molar-refractivity contribution in [2.24, 2.45) is 0 Å². The summed E-state index contributed by atoms with van der Waals surface area (Å²) in [4.78, 5) is 14.1. The molecule has 0 N–H and O–H groups in total. The van der Waals surface area contributed by atoms with Crippen molar-refractivity contribution in [3.63, 3.8) is 0 Å². The van der Waals surface area contributed by atoms with E-state index >= 15 is 0 Å². The average Bonchev–Trinajstić information content (AvgIpc) is 2.56. The molecule has 0 heterocycles. The zero-order valence-electron chi connectivity index (χ0n) is 15.7. The Morgan fingerprint density at radius 1 is 0.870 bits per heavy atom. The lowest BCUT2D eigenvalue weighted by Crippen LogP contribution is -2.27. The maximum atomic E-state index is 11.8. The Bertz CT molecular complexity index is 312. The van der Waals surface area contributed by atoms with Crippen LogP contribution in [0.15, 0.2) is 11.8 Å². The molecule has 0 saturated heterocycles. The van der Waals surface area contributed by atoms with Gasteiger partial charge in [0.1, 0.15) is 12.4 Å². The van der Waals surface area contributed by atoms with Crippen molar-refractivity contribution in [2.45, 2.75) is 72.6 Å². The van der Waals surface area contributed by atoms with Crippen LogP contribution in [0, 0.1) is 0 Å². The number of carbonyl (C=O) groups excluding carboxylic acids is 1. The summed E-state index contributed by atoms with van der Waals surface area (Å²) in [6.45, 7) is 12.5. The standard InChI is InChI=1S/C19H37NO3/c1-5-9-10-11-12-13-18(17-19(21)23-15-6-2)22-16-14-20(7-3)8-4/h17H,5-16H2,1-4H3/b18-17+. The molecule has 0 bridgehead atoms. The molecule has 136 valence electrons. The lowest BCUT2D eigenvalue weighted by atomic mass is 10.1. The van der Waals surface area contributed by atoms with Crippen LogP contribution < -0.4 is 0 Å². The second-order valence-corrected chi connectivity index (χ2v) is 5.82. The van der Waals surface area contributed by atoms with Crippen LogP contribution in [0.4, 0.5) is 0 Å². The van der Waals surface area contributed by atoms with Crippen molar-refractivity contribution in [3.8, 4) is 0 Å². The number of allylic oxidation sites excluding steroid dienone is 1. The minimum absolute atomic E-state index is 0.279. The zero-order chi connectivity index (χ0) is 17.3. The Hall–Kier alpha value is -1.03. The quantitative estimate of drug-likeness (QED) is 0.191. The number of hydrogen-bond donors (Lipinski definition) is 0. The highest BCUT2D eigenvalue weighted by Gasteiger charge is 2.06. The van der Waals surface area contributed by atoms with Crippen LogP contribution in [0.2, 0.25) is 0 Å². The molecule has 0 fully saturated rings. The van der Waals surface area contributed by atoms with Gasteiger partial charge in [0.05, 0.1) is 12.7 Å². The van der Waals surface area contributed by atoms with Crippen molar-refractivity contribution in [1.82, 2.24) is 4.90 Å². The van der Waals surface area contributed by atoms with Crippen molar-refractivity contribution in [2.75, 3.05) is 32.8 Å². The van der Waals surface area contributed by atoms with Crippen LogP contribution in [-0.2, 0) is 14.3 Å². The Morgan fingerprint density at radius 2 is 1.57 bits per heavy atom. The number of likely N-dealkylation sites (N-methyl/N-ethyl adjacent to an activating group) is 1. The lowest BCUT2D eigenvalue weighted by molar-refractivity contribution is -0.138. The van der Waals surface area contributed by atoms with Crippen molar-refractivity contribution in [3.05, 3.63) is 11.8 Å². The first-order valence-electron chi connectivity index (χ1n) is 9.40. The van der Waals surface area contributed by atoms with Gasteiger partial charge in [-0.25, -0.2) is 4.79 Å². The molecule has 0 radical (unpaired) electrons. The molecule has 4 nitrogen and oxygen atoms in total. The van der Waals surface area contributed by atoms with Crippen LogP contribution in [0.25, 0.3) is 0 Å². The Balaban J connectivity index is 4.30. The summed E-state index contributed by atoms with van der Waals surface area (Å²) >= 11 is 0. The highest BCUT2D eigenvalue weighted by atomic mass is 16.5. The predicted molar refractivity (Wildman–Crippen MR) is 96.4 cm³/mol. The van der Waals surface area contributed by atoms with Crippen LogP contribution >= 0.6 is 0 Å². The first-order chi connectivity index (χ1) is 11.2. The molecule has 0 unspecified atom stereocenters. The summed E-state index contributed by atoms with van der Waals surface area (Å²) in [5.74, 6) is 0.494. The molecule has 0 rings (SSSR count). The van der Waals surface area contributed by atoms with Crippen molar-refractivity contribution in [1.29, 1.82) is 0 Å². The van der Waals surface area contributed by atoms with Gasteiger partial charge in [-0.15, -0.1) is 0 Å². The van der Waals surface area contributed by atoms with E-state index in [4.69, 9.17) is 9.47 Å². The summed E-state index contributed by atoms with van der Waals surface area (Å²) in [6.07, 6.45) is 9.23. The van der Waals surface area contributed by atoms with E-state index in [-0.39, 0.29) is 5.97 Å². The van der Waals surface area contributed by atoms with Gasteiger partial charge < -0.3 is 14.4 Å². The normalized spacial score (nSPS) is 11.8. The second-order valence-electron chi connectivity index (χ2n) is 5.82. The average molecular weight is 328 g/mol. The fraction of sp³-hybridized carbons (Fsp3) is 0.842. The van der Waals surface area contributed by atoms with Gasteiger partial charge in [0.15, 0.2) is 0 Å². The maximum Gasteiger partial charge on any atom is 0.334 e. The fourth-order valence-electron chi connectivity index (χ4n) is 2.31. The van der Waals surface area contributed by atoms with Crippen molar-refractivity contribution >= 4 is 5.97 Å². The van der Waals surface area contributed by atoms with E-state index in [0.717, 1.165) is 44.7 Å². The summed E-state index contributed by atoms with van der Waals surface area (Å²) in [5, 5.41) is 0. The van der Waals surface area contributed by atoms with Gasteiger partial charge in [-0.2, -0.15) is 0 Å². The van der Waals surface area contributed by atoms with E-state index in [2.05, 4.69) is 25.7 Å². The minimum atomic E-state index is -0.279. The Kier molecular flexibility index (Phi) is 15.1. The van der Waals surface area contributed by atoms with Crippen molar-refractivity contribution < 1.29 is 14.3 Å². The van der Waals surface area contributed by atoms with E-state index in [9.17, 15) is 4.79 Å². The number of nitrogens with zero attached hydrogens (tertiary/aromatic N) is 1. The number of ether oxygens (including phenoxy) is 2. The van der Waals surface area contributed by atoms with E-state index in [1.807, 2.05) is 6.92 Å². The third-order valence-corrected chi connectivity index (χ3v) is 3.84. The summed E-state index contributed by atoms with van der Waals surface area (Å²) < 4.78 is 11.0. The van der Waals surface area contributed by atoms with Gasteiger partial charge >= 0.3 is 5.97 Å². The molecule has 0 spiro atoms. The molecule has 0 aliphatic carbocycles. The summed E-state index contributed by atoms with van der Waals surface area (Å²) in [7, 11) is 0. The van der Waals surface area contributed by atoms with E-state index in [0.29, 0.717) is 13.2 Å². The van der Waals surface area contributed by atoms with E-state index in [1.54, 1.807) is 0 Å². The molecule has 0 aliphatic heterocycles. The highest BCUT2D eigenvalue weighted by Crippen LogP contribution is 2.13. The summed E-state index contributed by atoms with van der Waals surface area (Å²) in [5.41, 5.74) is 0. The minimum Gasteiger partial charge on any atom is -0.496 e. The van der Waals surface area contributed by atoms with Gasteiger partial charge in [-0.05, 0) is 25.9 Å². The number of unbranched alkanes of at least 4 members (excludes halogenated alkanes) is 4. The van der Waals surface area contributed by atoms with Gasteiger partial charge in [-0.1, -0.05) is 53.4 Å². The third kappa shape index (κ3) is 13.1. The fourth-order valence-corrected chi connectivity index (χ4v) is 2.31. The Morgan fingerprint density at radius 3 is 2.17 bits per heavy atom. The molecule has 23 heavy (non-hydrogen) atoms. The number of carbonyl (C=O) groups is 1. The smallest absolute Gasteiger partial charge is 0.334 e. The molecule has 0 amide bonds. The SMILES string of the molecule is CCCCCCC/C(=C\C(=O)OCCC)OCCN(CC)CC. The second kappa shape index (κ2) is 15.9. The molecule has 0 aromatic carbocycles. The summed E-state index contributed by atoms with van der Waals surface area (Å²) in [6, 6.07) is 0. The van der Waals surface area contributed by atoms with Crippen LogP contribution in [0.1, 0.15) is 72.6 Å². The first kappa shape index (κ1) is 22.0. The molecule has 0 atom stereocenters. The molecule has 0 aliphatic rings. The molecule has 4 heteroatoms. The van der Waals surface area contributed by atoms with Gasteiger partial charge in [-0.3, -0.25) is 0 Å². The number of rotatable bonds is 15.